The van der Waals surface area contributed by atoms with Gasteiger partial charge in [-0.25, -0.2) is 0 Å². The molecule has 0 spiro atoms. The van der Waals surface area contributed by atoms with Crippen molar-refractivity contribution in [2.45, 2.75) is 19.8 Å². The van der Waals surface area contributed by atoms with Gasteiger partial charge in [0.2, 0.25) is 0 Å². The van der Waals surface area contributed by atoms with Crippen LogP contribution in [0.2, 0.25) is 0 Å². The van der Waals surface area contributed by atoms with Crippen LogP contribution in [0.3, 0.4) is 0 Å². The van der Waals surface area contributed by atoms with Gasteiger partial charge in [-0.15, -0.1) is 12.8 Å². The van der Waals surface area contributed by atoms with Crippen LogP contribution in [-0.2, 0) is 20.7 Å². The van der Waals surface area contributed by atoms with Gasteiger partial charge in [0.1, 0.15) is 11.5 Å². The second-order valence-corrected chi connectivity index (χ2v) is 4.12. The van der Waals surface area contributed by atoms with Gasteiger partial charge in [-0.05, 0) is 25.0 Å². The molecule has 1 aliphatic rings. The molecule has 1 aliphatic heterocycles. The van der Waals surface area contributed by atoms with Crippen molar-refractivity contribution in [2.24, 2.45) is 5.92 Å². The average molecular weight is 276 g/mol. The Bertz CT molecular complexity index is 518. The lowest BCUT2D eigenvalue weighted by Gasteiger charge is -2.11. The molecule has 2 rings (SSSR count). The lowest BCUT2D eigenvalue weighted by atomic mass is 9.97. The molecular weight excluding hydrogens is 260 g/mol. The van der Waals surface area contributed by atoms with E-state index in [1.165, 1.54) is 12.1 Å². The Balaban J connectivity index is 0.000000956. The summed E-state index contributed by atoms with van der Waals surface area (Å²) < 4.78 is 10.0. The minimum absolute atomic E-state index is 0.00568. The third-order valence-corrected chi connectivity index (χ3v) is 2.77. The van der Waals surface area contributed by atoms with Crippen LogP contribution in [-0.4, -0.2) is 23.7 Å². The van der Waals surface area contributed by atoms with Gasteiger partial charge in [0, 0.05) is 6.07 Å². The summed E-state index contributed by atoms with van der Waals surface area (Å²) in [5.41, 5.74) is 0.719. The molecule has 5 heteroatoms. The molecule has 0 saturated carbocycles. The van der Waals surface area contributed by atoms with E-state index in [0.29, 0.717) is 12.2 Å². The fourth-order valence-electron chi connectivity index (χ4n) is 1.94. The molecular formula is C15H16O5. The molecule has 106 valence electrons. The zero-order valence-corrected chi connectivity index (χ0v) is 11.2. The zero-order chi connectivity index (χ0) is 15.1. The van der Waals surface area contributed by atoms with E-state index < -0.39 is 17.9 Å². The van der Waals surface area contributed by atoms with E-state index in [1.807, 2.05) is 0 Å². The molecule has 0 bridgehead atoms. The molecule has 1 unspecified atom stereocenters. The van der Waals surface area contributed by atoms with Gasteiger partial charge in [-0.3, -0.25) is 9.59 Å². The van der Waals surface area contributed by atoms with E-state index in [4.69, 9.17) is 9.47 Å². The fraction of sp³-hybridized carbons (Fsp3) is 0.333. The number of phenolic OH excluding ortho intramolecular Hbond substituents is 1. The van der Waals surface area contributed by atoms with Crippen LogP contribution in [0.15, 0.2) is 18.2 Å². The standard InChI is InChI=1S/C13H14O5.C2H2/c1-2-17-13(16)9-5-8-3-4-10(14)7-11(8)18-12(15)6-9;1-2/h3-4,7,9,14H,2,5-6H2,1H3;1-2H. The molecule has 0 radical (unpaired) electrons. The van der Waals surface area contributed by atoms with E-state index in [9.17, 15) is 14.7 Å². The molecule has 1 N–H and O–H groups in total. The number of hydrogen-bond acceptors (Lipinski definition) is 5. The van der Waals surface area contributed by atoms with Crippen molar-refractivity contribution in [2.75, 3.05) is 6.61 Å². The molecule has 5 nitrogen and oxygen atoms in total. The highest BCUT2D eigenvalue weighted by Gasteiger charge is 2.29. The second-order valence-electron chi connectivity index (χ2n) is 4.12. The van der Waals surface area contributed by atoms with Crippen LogP contribution in [0.1, 0.15) is 18.9 Å². The van der Waals surface area contributed by atoms with Crippen molar-refractivity contribution in [3.8, 4) is 24.3 Å². The summed E-state index contributed by atoms with van der Waals surface area (Å²) in [5.74, 6) is -1.07. The Labute approximate surface area is 117 Å². The summed E-state index contributed by atoms with van der Waals surface area (Å²) in [6.07, 6.45) is 8.37. The number of ether oxygens (including phenoxy) is 2. The highest BCUT2D eigenvalue weighted by molar-refractivity contribution is 5.82. The average Bonchev–Trinajstić information content (AvgIpc) is 2.59. The number of carbonyl (C=O) groups excluding carboxylic acids is 2. The Morgan fingerprint density at radius 3 is 2.80 bits per heavy atom. The summed E-state index contributed by atoms with van der Waals surface area (Å²) in [4.78, 5) is 23.3. The third-order valence-electron chi connectivity index (χ3n) is 2.77. The smallest absolute Gasteiger partial charge is 0.312 e. The van der Waals surface area contributed by atoms with E-state index >= 15 is 0 Å². The number of aromatic hydroxyl groups is 1. The quantitative estimate of drug-likeness (QED) is 0.505. The number of terminal acetylenes is 1. The molecule has 0 aromatic heterocycles. The van der Waals surface area contributed by atoms with Crippen LogP contribution in [0.5, 0.6) is 11.5 Å². The van der Waals surface area contributed by atoms with Gasteiger partial charge in [0.15, 0.2) is 0 Å². The molecule has 20 heavy (non-hydrogen) atoms. The van der Waals surface area contributed by atoms with E-state index in [2.05, 4.69) is 12.8 Å². The first-order valence-electron chi connectivity index (χ1n) is 6.12. The van der Waals surface area contributed by atoms with Crippen molar-refractivity contribution in [3.05, 3.63) is 23.8 Å². The number of hydrogen-bond donors (Lipinski definition) is 1. The molecule has 1 aromatic rings. The van der Waals surface area contributed by atoms with Gasteiger partial charge in [-0.1, -0.05) is 6.07 Å². The van der Waals surface area contributed by atoms with Crippen molar-refractivity contribution < 1.29 is 24.2 Å². The van der Waals surface area contributed by atoms with E-state index in [-0.39, 0.29) is 18.8 Å². The zero-order valence-electron chi connectivity index (χ0n) is 11.2. The molecule has 1 aromatic carbocycles. The Hall–Kier alpha value is -2.48. The van der Waals surface area contributed by atoms with E-state index in [0.717, 1.165) is 5.56 Å². The maximum Gasteiger partial charge on any atom is 0.312 e. The first kappa shape index (κ1) is 15.6. The summed E-state index contributed by atoms with van der Waals surface area (Å²) in [7, 11) is 0. The number of fused-ring (bicyclic) bond motifs is 1. The molecule has 1 heterocycles. The summed E-state index contributed by atoms with van der Waals surface area (Å²) >= 11 is 0. The topological polar surface area (TPSA) is 72.8 Å². The van der Waals surface area contributed by atoms with Gasteiger partial charge >= 0.3 is 11.9 Å². The first-order valence-corrected chi connectivity index (χ1v) is 6.12. The summed E-state index contributed by atoms with van der Waals surface area (Å²) in [6.45, 7) is 2.01. The number of benzene rings is 1. The second kappa shape index (κ2) is 7.19. The normalized spacial score (nSPS) is 16.8. The number of phenols is 1. The predicted octanol–water partition coefficient (Wildman–Crippen LogP) is 1.67. The Morgan fingerprint density at radius 1 is 1.45 bits per heavy atom. The molecule has 1 atom stereocenters. The Kier molecular flexibility index (Phi) is 5.60. The lowest BCUT2D eigenvalue weighted by Crippen LogP contribution is -2.22. The van der Waals surface area contributed by atoms with Crippen LogP contribution < -0.4 is 4.74 Å². The van der Waals surface area contributed by atoms with E-state index in [1.54, 1.807) is 13.0 Å². The largest absolute Gasteiger partial charge is 0.508 e. The van der Waals surface area contributed by atoms with Gasteiger partial charge in [0.05, 0.1) is 18.9 Å². The lowest BCUT2D eigenvalue weighted by molar-refractivity contribution is -0.151. The molecule has 0 fully saturated rings. The number of carbonyl (C=O) groups is 2. The van der Waals surface area contributed by atoms with Crippen LogP contribution in [0.25, 0.3) is 0 Å². The number of esters is 2. The predicted molar refractivity (Wildman–Crippen MR) is 72.1 cm³/mol. The maximum atomic E-state index is 11.7. The minimum atomic E-state index is -0.525. The van der Waals surface area contributed by atoms with Crippen LogP contribution >= 0.6 is 0 Å². The van der Waals surface area contributed by atoms with Gasteiger partial charge in [0.25, 0.3) is 0 Å². The van der Waals surface area contributed by atoms with Crippen LogP contribution in [0.4, 0.5) is 0 Å². The third kappa shape index (κ3) is 3.75. The summed E-state index contributed by atoms with van der Waals surface area (Å²) in [6, 6.07) is 4.52. The van der Waals surface area contributed by atoms with Crippen molar-refractivity contribution in [1.29, 1.82) is 0 Å². The molecule has 0 amide bonds. The van der Waals surface area contributed by atoms with Gasteiger partial charge < -0.3 is 14.6 Å². The monoisotopic (exact) mass is 276 g/mol. The Morgan fingerprint density at radius 2 is 2.15 bits per heavy atom. The van der Waals surface area contributed by atoms with Gasteiger partial charge in [-0.2, -0.15) is 0 Å². The van der Waals surface area contributed by atoms with Crippen molar-refractivity contribution >= 4 is 11.9 Å². The molecule has 0 aliphatic carbocycles. The highest BCUT2D eigenvalue weighted by atomic mass is 16.5. The minimum Gasteiger partial charge on any atom is -0.508 e. The SMILES string of the molecule is C#C.CCOC(=O)C1CC(=O)Oc2cc(O)ccc2C1. The first-order chi connectivity index (χ1) is 9.60. The fourth-order valence-corrected chi connectivity index (χ4v) is 1.94. The number of rotatable bonds is 2. The van der Waals surface area contributed by atoms with Crippen molar-refractivity contribution in [1.82, 2.24) is 0 Å². The molecule has 0 saturated heterocycles. The summed E-state index contributed by atoms with van der Waals surface area (Å²) in [5, 5.41) is 9.34. The van der Waals surface area contributed by atoms with Crippen LogP contribution in [0, 0.1) is 18.8 Å². The maximum absolute atomic E-state index is 11.7. The van der Waals surface area contributed by atoms with Crippen molar-refractivity contribution in [3.63, 3.8) is 0 Å². The highest BCUT2D eigenvalue weighted by Crippen LogP contribution is 2.31.